The molecule has 0 unspecified atom stereocenters. The third-order valence-electron chi connectivity index (χ3n) is 13.3. The van der Waals surface area contributed by atoms with E-state index in [9.17, 15) is 48.6 Å². The van der Waals surface area contributed by atoms with Crippen LogP contribution >= 0.6 is 0 Å². The van der Waals surface area contributed by atoms with Crippen LogP contribution in [0.3, 0.4) is 0 Å². The van der Waals surface area contributed by atoms with Crippen molar-refractivity contribution >= 4 is 64.2 Å². The Morgan fingerprint density at radius 2 is 1.54 bits per heavy atom. The van der Waals surface area contributed by atoms with Gasteiger partial charge >= 0.3 is 5.97 Å². The lowest BCUT2D eigenvalue weighted by atomic mass is 9.83. The van der Waals surface area contributed by atoms with Crippen molar-refractivity contribution in [2.45, 2.75) is 132 Å². The highest BCUT2D eigenvalue weighted by Crippen LogP contribution is 2.29. The second kappa shape index (κ2) is 25.7. The summed E-state index contributed by atoms with van der Waals surface area (Å²) in [6.07, 6.45) is 3.89. The van der Waals surface area contributed by atoms with E-state index in [1.165, 1.54) is 11.8 Å². The first-order chi connectivity index (χ1) is 34.0. The number of carboxylic acids is 1. The molecular formula is C49H68N12O10. The average Bonchev–Trinajstić information content (AvgIpc) is 3.95. The molecular weight excluding hydrogens is 917 g/mol. The summed E-state index contributed by atoms with van der Waals surface area (Å²) in [5, 5.41) is 40.5. The lowest BCUT2D eigenvalue weighted by molar-refractivity contribution is -0.143. The standard InChI is InChI=1S/C49H68N12O10/c1-28(62)56-32-24-41-47(70)60-39(22-30-15-17-33(63)18-16-30)45(68)59-40(23-31-25-54-35-12-6-5-11-34(31)35)46(69)57-36(13-7-20-53-49(50)51)43(66)52-19-8-14-37(48(71)61(41)27-32)58-44(67)38(55-26-42(64)65)21-29-9-3-2-4-10-29/h2-6,9-12,25,30,32-33,36-41,54-55,63H,7-8,13-24,26-27H2,1H3,(H,52,66)(H,56,62)(H,57,69)(H,58,67)(H,59,68)(H,60,70)(H,64,65)(H4,50,51,53)/t30?,32-,33?,36+,37+,38+,39-,40+,41+/m1/s1. The van der Waals surface area contributed by atoms with Gasteiger partial charge < -0.3 is 63.5 Å². The van der Waals surface area contributed by atoms with Gasteiger partial charge in [0.1, 0.15) is 30.2 Å². The fraction of sp³-hybridized carbons (Fsp3) is 0.531. The zero-order valence-electron chi connectivity index (χ0n) is 40.0. The number of aliphatic hydroxyl groups is 1. The third kappa shape index (κ3) is 15.7. The van der Waals surface area contributed by atoms with Crippen molar-refractivity contribution in [2.24, 2.45) is 22.4 Å². The van der Waals surface area contributed by atoms with Gasteiger partial charge in [0.25, 0.3) is 0 Å². The second-order valence-electron chi connectivity index (χ2n) is 18.8. The highest BCUT2D eigenvalue weighted by Gasteiger charge is 2.44. The number of benzene rings is 2. The number of rotatable bonds is 16. The number of guanidine groups is 1. The number of carbonyl (C=O) groups is 8. The Morgan fingerprint density at radius 3 is 2.25 bits per heavy atom. The van der Waals surface area contributed by atoms with Gasteiger partial charge in [0.15, 0.2) is 5.96 Å². The van der Waals surface area contributed by atoms with Crippen LogP contribution in [0.4, 0.5) is 0 Å². The Labute approximate surface area is 411 Å². The Kier molecular flexibility index (Phi) is 19.3. The van der Waals surface area contributed by atoms with Crippen LogP contribution in [0.5, 0.6) is 0 Å². The number of fused-ring (bicyclic) bond motifs is 2. The molecule has 22 heteroatoms. The van der Waals surface area contributed by atoms with E-state index in [1.54, 1.807) is 36.5 Å². The highest BCUT2D eigenvalue weighted by atomic mass is 16.4. The molecule has 14 N–H and O–H groups in total. The smallest absolute Gasteiger partial charge is 0.317 e. The van der Waals surface area contributed by atoms with Crippen LogP contribution in [0.15, 0.2) is 65.8 Å². The van der Waals surface area contributed by atoms with Gasteiger partial charge in [-0.2, -0.15) is 0 Å². The first-order valence-corrected chi connectivity index (χ1v) is 24.4. The number of hydrogen-bond acceptors (Lipinski definition) is 11. The molecule has 1 saturated carbocycles. The number of nitrogens with one attached hydrogen (secondary N) is 8. The number of aromatic amines is 1. The number of aliphatic imine (C=N–C) groups is 1. The van der Waals surface area contributed by atoms with E-state index in [2.05, 4.69) is 47.2 Å². The molecule has 1 aliphatic carbocycles. The summed E-state index contributed by atoms with van der Waals surface area (Å²) in [6.45, 7) is 0.728. The molecule has 3 fully saturated rings. The summed E-state index contributed by atoms with van der Waals surface area (Å²) in [5.41, 5.74) is 13.3. The maximum absolute atomic E-state index is 14.9. The average molecular weight is 985 g/mol. The van der Waals surface area contributed by atoms with E-state index in [0.29, 0.717) is 36.8 Å². The van der Waals surface area contributed by atoms with Crippen LogP contribution in [0.25, 0.3) is 10.9 Å². The zero-order chi connectivity index (χ0) is 51.0. The molecule has 0 spiro atoms. The van der Waals surface area contributed by atoms with E-state index in [4.69, 9.17) is 11.5 Å². The molecule has 7 amide bonds. The van der Waals surface area contributed by atoms with Crippen molar-refractivity contribution in [1.82, 2.24) is 47.1 Å². The number of hydrogen-bond donors (Lipinski definition) is 12. The van der Waals surface area contributed by atoms with Gasteiger partial charge in [-0.05, 0) is 93.7 Å². The monoisotopic (exact) mass is 985 g/mol. The molecule has 1 aromatic heterocycles. The second-order valence-corrected chi connectivity index (χ2v) is 18.8. The molecule has 384 valence electrons. The van der Waals surface area contributed by atoms with Crippen LogP contribution in [-0.4, -0.2) is 148 Å². The molecule has 3 aliphatic rings. The van der Waals surface area contributed by atoms with Crippen molar-refractivity contribution in [3.63, 3.8) is 0 Å². The summed E-state index contributed by atoms with van der Waals surface area (Å²) < 4.78 is 0. The Balaban J connectivity index is 1.36. The number of aromatic nitrogens is 1. The fourth-order valence-corrected chi connectivity index (χ4v) is 9.67. The van der Waals surface area contributed by atoms with E-state index >= 15 is 0 Å². The van der Waals surface area contributed by atoms with Gasteiger partial charge in [0.2, 0.25) is 41.4 Å². The number of nitrogens with zero attached hydrogens (tertiary/aromatic N) is 2. The third-order valence-corrected chi connectivity index (χ3v) is 13.3. The van der Waals surface area contributed by atoms with Crippen LogP contribution in [0.1, 0.15) is 82.3 Å². The minimum Gasteiger partial charge on any atom is -0.480 e. The lowest BCUT2D eigenvalue weighted by Crippen LogP contribution is -2.60. The van der Waals surface area contributed by atoms with Crippen molar-refractivity contribution in [2.75, 3.05) is 26.2 Å². The molecule has 6 rings (SSSR count). The predicted octanol–water partition coefficient (Wildman–Crippen LogP) is -1.05. The molecule has 2 aromatic carbocycles. The zero-order valence-corrected chi connectivity index (χ0v) is 40.0. The van der Waals surface area contributed by atoms with E-state index < -0.39 is 102 Å². The van der Waals surface area contributed by atoms with Gasteiger partial charge in [-0.3, -0.25) is 48.7 Å². The van der Waals surface area contributed by atoms with Crippen molar-refractivity contribution in [3.05, 3.63) is 71.9 Å². The molecule has 3 aromatic rings. The molecule has 7 atom stereocenters. The van der Waals surface area contributed by atoms with Gasteiger partial charge in [0.05, 0.1) is 18.7 Å². The molecule has 2 saturated heterocycles. The molecule has 2 aliphatic heterocycles. The number of H-pyrrole nitrogens is 1. The molecule has 3 heterocycles. The lowest BCUT2D eigenvalue weighted by Gasteiger charge is -2.33. The number of carbonyl (C=O) groups excluding carboxylic acids is 7. The van der Waals surface area contributed by atoms with E-state index in [1.807, 2.05) is 24.3 Å². The fourth-order valence-electron chi connectivity index (χ4n) is 9.67. The first kappa shape index (κ1) is 53.3. The summed E-state index contributed by atoms with van der Waals surface area (Å²) >= 11 is 0. The predicted molar refractivity (Wildman–Crippen MR) is 262 cm³/mol. The SMILES string of the molecule is CC(=O)N[C@@H]1C[C@H]2C(=O)N[C@H](CC3CCC(O)CC3)C(=O)N[C@@H](Cc3c[nH]c4ccccc34)C(=O)N[C@@H](CCCN=C(N)N)C(=O)NCCC[C@H](NC(=O)[C@H](Cc3ccccc3)NCC(=O)O)C(=O)N2C1. The first-order valence-electron chi connectivity index (χ1n) is 24.4. The van der Waals surface area contributed by atoms with Gasteiger partial charge in [-0.15, -0.1) is 0 Å². The normalized spacial score (nSPS) is 25.3. The van der Waals surface area contributed by atoms with Crippen molar-refractivity contribution in [1.29, 1.82) is 0 Å². The number of amides is 7. The summed E-state index contributed by atoms with van der Waals surface area (Å²) in [6, 6.07) is 8.32. The number of carboxylic acid groups (broad SMARTS) is 1. The maximum Gasteiger partial charge on any atom is 0.317 e. The largest absolute Gasteiger partial charge is 0.480 e. The Bertz CT molecular complexity index is 2380. The number of aliphatic hydroxyl groups excluding tert-OH is 1. The molecule has 0 radical (unpaired) electrons. The van der Waals surface area contributed by atoms with E-state index in [-0.39, 0.29) is 82.9 Å². The van der Waals surface area contributed by atoms with Crippen LogP contribution < -0.4 is 48.7 Å². The Hall–Kier alpha value is -7.07. The van der Waals surface area contributed by atoms with Crippen molar-refractivity contribution in [3.8, 4) is 0 Å². The van der Waals surface area contributed by atoms with Crippen LogP contribution in [0.2, 0.25) is 0 Å². The minimum absolute atomic E-state index is 0.00530. The summed E-state index contributed by atoms with van der Waals surface area (Å²) in [5.74, 6) is -5.91. The van der Waals surface area contributed by atoms with Crippen LogP contribution in [-0.2, 0) is 51.2 Å². The molecule has 71 heavy (non-hydrogen) atoms. The van der Waals surface area contributed by atoms with Crippen molar-refractivity contribution < 1.29 is 48.6 Å². The topological polar surface area (TPSA) is 345 Å². The summed E-state index contributed by atoms with van der Waals surface area (Å²) in [4.78, 5) is 120. The van der Waals surface area contributed by atoms with Crippen LogP contribution in [0, 0.1) is 5.92 Å². The number of nitrogens with two attached hydrogens (primary N) is 2. The molecule has 0 bridgehead atoms. The highest BCUT2D eigenvalue weighted by molar-refractivity contribution is 5.98. The quantitative estimate of drug-likeness (QED) is 0.0464. The number of para-hydroxylation sites is 1. The Morgan fingerprint density at radius 1 is 0.845 bits per heavy atom. The minimum atomic E-state index is -1.32. The van der Waals surface area contributed by atoms with Gasteiger partial charge in [-0.25, -0.2) is 0 Å². The van der Waals surface area contributed by atoms with Gasteiger partial charge in [0, 0.05) is 56.1 Å². The van der Waals surface area contributed by atoms with E-state index in [0.717, 1.165) is 10.9 Å². The number of aliphatic carboxylic acids is 1. The van der Waals surface area contributed by atoms with Gasteiger partial charge in [-0.1, -0.05) is 48.5 Å². The molecule has 22 nitrogen and oxygen atoms in total. The maximum atomic E-state index is 14.9. The summed E-state index contributed by atoms with van der Waals surface area (Å²) in [7, 11) is 0.